The van der Waals surface area contributed by atoms with Crippen molar-refractivity contribution < 1.29 is 19.1 Å². The highest BCUT2D eigenvalue weighted by molar-refractivity contribution is 5.98. The van der Waals surface area contributed by atoms with Crippen molar-refractivity contribution in [2.45, 2.75) is 51.6 Å². The van der Waals surface area contributed by atoms with Crippen molar-refractivity contribution in [3.63, 3.8) is 0 Å². The highest BCUT2D eigenvalue weighted by Crippen LogP contribution is 2.40. The molecule has 1 saturated heterocycles. The maximum absolute atomic E-state index is 13.5. The zero-order chi connectivity index (χ0) is 25.4. The molecule has 0 unspecified atom stereocenters. The lowest BCUT2D eigenvalue weighted by atomic mass is 9.88. The topological polar surface area (TPSA) is 84.6 Å². The lowest BCUT2D eigenvalue weighted by Crippen LogP contribution is -2.59. The summed E-state index contributed by atoms with van der Waals surface area (Å²) in [6, 6.07) is 16.9. The number of ether oxygens (including phenoxy) is 2. The van der Waals surface area contributed by atoms with Crippen LogP contribution in [-0.4, -0.2) is 40.5 Å². The van der Waals surface area contributed by atoms with Crippen LogP contribution < -0.4 is 9.47 Å². The fourth-order valence-corrected chi connectivity index (χ4v) is 5.19. The molecule has 2 aliphatic rings. The van der Waals surface area contributed by atoms with E-state index in [9.17, 15) is 14.9 Å². The Morgan fingerprint density at radius 2 is 1.92 bits per heavy atom. The largest absolute Gasteiger partial charge is 0.496 e. The van der Waals surface area contributed by atoms with E-state index in [1.54, 1.807) is 24.1 Å². The van der Waals surface area contributed by atoms with Gasteiger partial charge in [-0.3, -0.25) is 4.79 Å². The molecule has 5 rings (SSSR count). The molecule has 0 saturated carbocycles. The molecule has 36 heavy (non-hydrogen) atoms. The Labute approximate surface area is 210 Å². The predicted molar refractivity (Wildman–Crippen MR) is 135 cm³/mol. The highest BCUT2D eigenvalue weighted by Gasteiger charge is 2.45. The van der Waals surface area contributed by atoms with Gasteiger partial charge in [0.15, 0.2) is 0 Å². The molecule has 3 aromatic rings. The second-order valence-electron chi connectivity index (χ2n) is 9.56. The minimum atomic E-state index is -0.763. The molecule has 7 heteroatoms. The van der Waals surface area contributed by atoms with Gasteiger partial charge in [0.25, 0.3) is 5.91 Å². The van der Waals surface area contributed by atoms with Crippen LogP contribution >= 0.6 is 0 Å². The van der Waals surface area contributed by atoms with Gasteiger partial charge in [-0.1, -0.05) is 31.5 Å². The predicted octanol–water partition coefficient (Wildman–Crippen LogP) is 5.02. The normalized spacial score (nSPS) is 17.9. The van der Waals surface area contributed by atoms with Crippen molar-refractivity contribution in [1.82, 2.24) is 9.47 Å². The summed E-state index contributed by atoms with van der Waals surface area (Å²) in [5, 5.41) is 9.60. The number of rotatable bonds is 6. The second kappa shape index (κ2) is 9.19. The molecule has 2 aromatic carbocycles. The molecule has 0 radical (unpaired) electrons. The number of benzene rings is 2. The Morgan fingerprint density at radius 1 is 1.14 bits per heavy atom. The van der Waals surface area contributed by atoms with Gasteiger partial charge in [0, 0.05) is 25.1 Å². The zero-order valence-electron chi connectivity index (χ0n) is 20.8. The summed E-state index contributed by atoms with van der Waals surface area (Å²) in [6.07, 6.45) is 3.09. The summed E-state index contributed by atoms with van der Waals surface area (Å²) in [5.41, 5.74) is 4.17. The number of carbonyl (C=O) groups is 2. The summed E-state index contributed by atoms with van der Waals surface area (Å²) < 4.78 is 13.2. The van der Waals surface area contributed by atoms with Gasteiger partial charge in [-0.2, -0.15) is 5.26 Å². The van der Waals surface area contributed by atoms with Crippen LogP contribution in [0.5, 0.6) is 11.5 Å². The average molecular weight is 484 g/mol. The van der Waals surface area contributed by atoms with Crippen LogP contribution in [0.4, 0.5) is 0 Å². The number of amides is 1. The summed E-state index contributed by atoms with van der Waals surface area (Å²) in [4.78, 5) is 28.4. The molecule has 0 aliphatic carbocycles. The first kappa shape index (κ1) is 23.7. The molecule has 0 spiro atoms. The Bertz CT molecular complexity index is 1390. The number of para-hydroxylation sites is 1. The SMILES string of the molecule is CCCc1cc(C(=O)N2CC[C@]2(C)C#N)n2c1-c1cc(C(=O)Oc3ccccc3)c(OC)cc1CC2. The number of carbonyl (C=O) groups excluding carboxylic acids is 2. The Balaban J connectivity index is 1.59. The third-order valence-corrected chi connectivity index (χ3v) is 7.28. The van der Waals surface area contributed by atoms with Crippen molar-refractivity contribution in [3.05, 3.63) is 70.9 Å². The number of aromatic nitrogens is 1. The molecule has 184 valence electrons. The number of likely N-dealkylation sites (tertiary alicyclic amines) is 1. The first-order chi connectivity index (χ1) is 17.4. The van der Waals surface area contributed by atoms with Crippen LogP contribution in [0.2, 0.25) is 0 Å². The molecule has 7 nitrogen and oxygen atoms in total. The summed E-state index contributed by atoms with van der Waals surface area (Å²) >= 11 is 0. The second-order valence-corrected chi connectivity index (χ2v) is 9.56. The van der Waals surface area contributed by atoms with Crippen LogP contribution in [0, 0.1) is 11.3 Å². The maximum Gasteiger partial charge on any atom is 0.347 e. The van der Waals surface area contributed by atoms with Crippen molar-refractivity contribution in [1.29, 1.82) is 5.26 Å². The van der Waals surface area contributed by atoms with E-state index in [4.69, 9.17) is 9.47 Å². The van der Waals surface area contributed by atoms with E-state index >= 15 is 0 Å². The van der Waals surface area contributed by atoms with E-state index in [2.05, 4.69) is 17.6 Å². The molecular formula is C29H29N3O4. The fraction of sp³-hybridized carbons (Fsp3) is 0.345. The molecule has 0 N–H and O–H groups in total. The molecule has 0 bridgehead atoms. The number of aryl methyl sites for hydroxylation is 2. The van der Waals surface area contributed by atoms with Crippen molar-refractivity contribution >= 4 is 11.9 Å². The van der Waals surface area contributed by atoms with Gasteiger partial charge in [-0.25, -0.2) is 4.79 Å². The van der Waals surface area contributed by atoms with Crippen LogP contribution in [0.25, 0.3) is 11.3 Å². The first-order valence-electron chi connectivity index (χ1n) is 12.3. The zero-order valence-corrected chi connectivity index (χ0v) is 20.8. The number of nitriles is 1. The van der Waals surface area contributed by atoms with Crippen LogP contribution in [0.3, 0.4) is 0 Å². The third-order valence-electron chi connectivity index (χ3n) is 7.28. The smallest absolute Gasteiger partial charge is 0.347 e. The number of methoxy groups -OCH3 is 1. The van der Waals surface area contributed by atoms with Crippen molar-refractivity contribution in [2.24, 2.45) is 0 Å². The molecule has 1 amide bonds. The minimum absolute atomic E-state index is 0.116. The van der Waals surface area contributed by atoms with Gasteiger partial charge in [0.05, 0.1) is 18.9 Å². The fourth-order valence-electron chi connectivity index (χ4n) is 5.19. The van der Waals surface area contributed by atoms with Crippen LogP contribution in [0.15, 0.2) is 48.5 Å². The standard InChI is InChI=1S/C29H29N3O4/c1-4-8-20-15-24(27(33)32-14-12-29(32,2)18-30)31-13-11-19-16-25(35-3)23(17-22(19)26(20)31)28(34)36-21-9-6-5-7-10-21/h5-7,9-10,15-17H,4,8,11-14H2,1-3H3/t29-/m1/s1. The highest BCUT2D eigenvalue weighted by atomic mass is 16.5. The van der Waals surface area contributed by atoms with E-state index < -0.39 is 11.5 Å². The van der Waals surface area contributed by atoms with Gasteiger partial charge < -0.3 is 18.9 Å². The van der Waals surface area contributed by atoms with Gasteiger partial charge in [-0.15, -0.1) is 0 Å². The van der Waals surface area contributed by atoms with Crippen LogP contribution in [0.1, 0.15) is 58.7 Å². The van der Waals surface area contributed by atoms with Crippen molar-refractivity contribution in [3.8, 4) is 28.8 Å². The monoisotopic (exact) mass is 483 g/mol. The third kappa shape index (κ3) is 3.83. The lowest BCUT2D eigenvalue weighted by Gasteiger charge is -2.45. The minimum Gasteiger partial charge on any atom is -0.496 e. The summed E-state index contributed by atoms with van der Waals surface area (Å²) in [7, 11) is 1.55. The molecule has 1 fully saturated rings. The molecular weight excluding hydrogens is 454 g/mol. The Hall–Kier alpha value is -4.05. The Kier molecular flexibility index (Phi) is 6.05. The maximum atomic E-state index is 13.5. The summed E-state index contributed by atoms with van der Waals surface area (Å²) in [6.45, 7) is 5.14. The number of hydrogen-bond acceptors (Lipinski definition) is 5. The average Bonchev–Trinajstić information content (AvgIpc) is 3.26. The quantitative estimate of drug-likeness (QED) is 0.363. The van der Waals surface area contributed by atoms with E-state index in [0.717, 1.165) is 35.2 Å². The van der Waals surface area contributed by atoms with E-state index in [0.29, 0.717) is 48.7 Å². The lowest BCUT2D eigenvalue weighted by molar-refractivity contribution is 0.0293. The number of nitrogens with zero attached hydrogens (tertiary/aromatic N) is 3. The number of fused-ring (bicyclic) bond motifs is 3. The number of esters is 1. The van der Waals surface area contributed by atoms with Crippen molar-refractivity contribution in [2.75, 3.05) is 13.7 Å². The van der Waals surface area contributed by atoms with E-state index in [1.165, 1.54) is 0 Å². The summed E-state index contributed by atoms with van der Waals surface area (Å²) in [5.74, 6) is 0.312. The van der Waals surface area contributed by atoms with Crippen LogP contribution in [-0.2, 0) is 19.4 Å². The first-order valence-corrected chi connectivity index (χ1v) is 12.3. The molecule has 2 aliphatic heterocycles. The van der Waals surface area contributed by atoms with Gasteiger partial charge in [0.2, 0.25) is 0 Å². The molecule has 1 atom stereocenters. The molecule has 3 heterocycles. The van der Waals surface area contributed by atoms with Gasteiger partial charge >= 0.3 is 5.97 Å². The van der Waals surface area contributed by atoms with E-state index in [-0.39, 0.29) is 5.91 Å². The molecule has 1 aromatic heterocycles. The van der Waals surface area contributed by atoms with Gasteiger partial charge in [-0.05, 0) is 61.2 Å². The van der Waals surface area contributed by atoms with Gasteiger partial charge in [0.1, 0.15) is 28.3 Å². The van der Waals surface area contributed by atoms with E-state index in [1.807, 2.05) is 43.3 Å². The number of hydrogen-bond donors (Lipinski definition) is 0. The Morgan fingerprint density at radius 3 is 2.56 bits per heavy atom.